The first-order valence-corrected chi connectivity index (χ1v) is 10.5. The van der Waals surface area contributed by atoms with E-state index in [1.54, 1.807) is 0 Å². The van der Waals surface area contributed by atoms with Gasteiger partial charge in [-0.1, -0.05) is 36.4 Å². The van der Waals surface area contributed by atoms with Gasteiger partial charge < -0.3 is 10.1 Å². The number of anilines is 2. The Morgan fingerprint density at radius 3 is 1.78 bits per heavy atom. The van der Waals surface area contributed by atoms with Crippen LogP contribution in [0.25, 0.3) is 5.57 Å². The van der Waals surface area contributed by atoms with E-state index in [9.17, 15) is 31.1 Å². The maximum absolute atomic E-state index is 13.0. The molecule has 0 radical (unpaired) electrons. The smallest absolute Gasteiger partial charge is 0.416 e. The summed E-state index contributed by atoms with van der Waals surface area (Å²) in [7, 11) is 1.37. The second-order valence-corrected chi connectivity index (χ2v) is 7.61. The Balaban J connectivity index is 1.89. The molecule has 0 heterocycles. The van der Waals surface area contributed by atoms with Gasteiger partial charge in [0.05, 0.1) is 18.2 Å². The molecule has 3 aromatic rings. The van der Waals surface area contributed by atoms with Gasteiger partial charge >= 0.3 is 12.4 Å². The zero-order valence-electron chi connectivity index (χ0n) is 19.1. The number of allylic oxidation sites excluding steroid dienone is 2. The summed E-state index contributed by atoms with van der Waals surface area (Å²) in [5, 5.41) is 11.6. The van der Waals surface area contributed by atoms with Gasteiger partial charge in [-0.2, -0.15) is 26.3 Å². The number of ether oxygens (including phenoxy) is 1. The fraction of sp³-hybridized carbons (Fsp3) is 0.115. The Morgan fingerprint density at radius 1 is 0.838 bits per heavy atom. The Labute approximate surface area is 207 Å². The number of alkyl halides is 6. The van der Waals surface area contributed by atoms with Gasteiger partial charge in [0.1, 0.15) is 11.4 Å². The largest absolute Gasteiger partial charge is 0.494 e. The number of carbonyl (C=O) groups is 1. The van der Waals surface area contributed by atoms with Gasteiger partial charge in [-0.15, -0.1) is 0 Å². The van der Waals surface area contributed by atoms with E-state index in [1.807, 2.05) is 5.48 Å². The number of benzene rings is 3. The number of amides is 1. The number of hydrogen-bond acceptors (Lipinski definition) is 4. The van der Waals surface area contributed by atoms with Gasteiger partial charge in [0, 0.05) is 17.8 Å². The van der Waals surface area contributed by atoms with E-state index in [0.717, 1.165) is 30.3 Å². The molecule has 0 aliphatic carbocycles. The molecule has 0 atom stereocenters. The average Bonchev–Trinajstić information content (AvgIpc) is 2.85. The fourth-order valence-corrected chi connectivity index (χ4v) is 3.31. The molecule has 3 rings (SSSR count). The van der Waals surface area contributed by atoms with Crippen molar-refractivity contribution in [2.75, 3.05) is 17.9 Å². The number of hydrogen-bond donors (Lipinski definition) is 3. The van der Waals surface area contributed by atoms with Crippen LogP contribution in [0, 0.1) is 0 Å². The highest BCUT2D eigenvalue weighted by atomic mass is 19.4. The van der Waals surface area contributed by atoms with Gasteiger partial charge in [-0.3, -0.25) is 15.5 Å². The van der Waals surface area contributed by atoms with Crippen molar-refractivity contribution < 1.29 is 41.1 Å². The highest BCUT2D eigenvalue weighted by Crippen LogP contribution is 2.34. The molecular weight excluding hydrogens is 502 g/mol. The number of halogens is 6. The summed E-state index contributed by atoms with van der Waals surface area (Å²) < 4.78 is 82.8. The summed E-state index contributed by atoms with van der Waals surface area (Å²) in [6, 6.07) is 12.7. The molecule has 0 saturated heterocycles. The lowest BCUT2D eigenvalue weighted by molar-refractivity contribution is -0.138. The van der Waals surface area contributed by atoms with Crippen LogP contribution in [-0.2, 0) is 17.1 Å². The lowest BCUT2D eigenvalue weighted by Crippen LogP contribution is -2.08. The summed E-state index contributed by atoms with van der Waals surface area (Å²) in [4.78, 5) is 12.3. The van der Waals surface area contributed by atoms with Gasteiger partial charge in [-0.05, 0) is 53.1 Å². The van der Waals surface area contributed by atoms with Crippen molar-refractivity contribution >= 4 is 22.9 Å². The standard InChI is InChI=1S/C26H20F6N2O3/c1-37-23-15-20(13-14-22(23)34-36)33-24(35)4-2-3-21(16-5-9-18(10-6-16)25(27,28)29)17-7-11-19(12-8-17)26(30,31)32/h2-15,34,36H,1H3,(H,33,35). The van der Waals surface area contributed by atoms with Crippen molar-refractivity contribution in [1.82, 2.24) is 0 Å². The first kappa shape index (κ1) is 27.3. The molecule has 0 spiro atoms. The molecule has 0 unspecified atom stereocenters. The molecule has 0 bridgehead atoms. The second kappa shape index (κ2) is 11.2. The van der Waals surface area contributed by atoms with Crippen LogP contribution in [0.1, 0.15) is 22.3 Å². The van der Waals surface area contributed by atoms with Crippen LogP contribution in [0.15, 0.2) is 85.0 Å². The minimum atomic E-state index is -4.55. The topological polar surface area (TPSA) is 70.6 Å². The van der Waals surface area contributed by atoms with Gasteiger partial charge in [0.2, 0.25) is 5.91 Å². The van der Waals surface area contributed by atoms with E-state index in [-0.39, 0.29) is 11.4 Å². The molecule has 0 aromatic heterocycles. The van der Waals surface area contributed by atoms with Crippen LogP contribution in [0.4, 0.5) is 37.7 Å². The van der Waals surface area contributed by atoms with Crippen molar-refractivity contribution in [3.05, 3.63) is 107 Å². The number of methoxy groups -OCH3 is 1. The summed E-state index contributed by atoms with van der Waals surface area (Å²) in [5.74, 6) is -0.307. The number of carbonyl (C=O) groups excluding carboxylic acids is 1. The van der Waals surface area contributed by atoms with Crippen LogP contribution >= 0.6 is 0 Å². The average molecular weight is 522 g/mol. The predicted molar refractivity (Wildman–Crippen MR) is 126 cm³/mol. The Kier molecular flexibility index (Phi) is 8.28. The third kappa shape index (κ3) is 7.14. The molecule has 5 nitrogen and oxygen atoms in total. The molecule has 11 heteroatoms. The Hall–Kier alpha value is -4.25. The molecule has 3 N–H and O–H groups in total. The Bertz CT molecular complexity index is 1240. The summed E-state index contributed by atoms with van der Waals surface area (Å²) in [6.45, 7) is 0. The van der Waals surface area contributed by atoms with Crippen LogP contribution in [0.3, 0.4) is 0 Å². The molecule has 0 aliphatic rings. The lowest BCUT2D eigenvalue weighted by Gasteiger charge is -2.12. The van der Waals surface area contributed by atoms with E-state index >= 15 is 0 Å². The SMILES string of the molecule is COc1cc(NC(=O)C=CC=C(c2ccc(C(F)(F)F)cc2)c2ccc(C(F)(F)F)cc2)ccc1NO. The molecule has 1 amide bonds. The van der Waals surface area contributed by atoms with Crippen LogP contribution in [-0.4, -0.2) is 18.2 Å². The van der Waals surface area contributed by atoms with E-state index < -0.39 is 29.4 Å². The highest BCUT2D eigenvalue weighted by Gasteiger charge is 2.31. The monoisotopic (exact) mass is 522 g/mol. The van der Waals surface area contributed by atoms with Crippen LogP contribution < -0.4 is 15.5 Å². The van der Waals surface area contributed by atoms with Crippen molar-refractivity contribution in [3.63, 3.8) is 0 Å². The zero-order chi connectivity index (χ0) is 27.2. The van der Waals surface area contributed by atoms with Gasteiger partial charge in [0.15, 0.2) is 0 Å². The molecule has 3 aromatic carbocycles. The van der Waals surface area contributed by atoms with E-state index in [1.165, 1.54) is 61.7 Å². The zero-order valence-corrected chi connectivity index (χ0v) is 19.1. The number of nitrogens with one attached hydrogen (secondary N) is 2. The normalized spacial score (nSPS) is 11.8. The summed E-state index contributed by atoms with van der Waals surface area (Å²) in [5.41, 5.74) is 1.71. The van der Waals surface area contributed by atoms with Crippen molar-refractivity contribution in [3.8, 4) is 5.75 Å². The molecule has 194 valence electrons. The first-order valence-electron chi connectivity index (χ1n) is 10.5. The van der Waals surface area contributed by atoms with Crippen LogP contribution in [0.5, 0.6) is 5.75 Å². The minimum Gasteiger partial charge on any atom is -0.494 e. The van der Waals surface area contributed by atoms with Crippen molar-refractivity contribution in [1.29, 1.82) is 0 Å². The fourth-order valence-electron chi connectivity index (χ4n) is 3.31. The number of rotatable bonds is 7. The lowest BCUT2D eigenvalue weighted by atomic mass is 9.95. The highest BCUT2D eigenvalue weighted by molar-refractivity contribution is 6.00. The van der Waals surface area contributed by atoms with Gasteiger partial charge in [-0.25, -0.2) is 0 Å². The predicted octanol–water partition coefficient (Wildman–Crippen LogP) is 7.16. The van der Waals surface area contributed by atoms with E-state index in [2.05, 4.69) is 5.32 Å². The molecule has 0 fully saturated rings. The maximum atomic E-state index is 13.0. The maximum Gasteiger partial charge on any atom is 0.416 e. The molecule has 37 heavy (non-hydrogen) atoms. The van der Waals surface area contributed by atoms with E-state index in [0.29, 0.717) is 22.4 Å². The first-order chi connectivity index (χ1) is 17.4. The van der Waals surface area contributed by atoms with Crippen LogP contribution in [0.2, 0.25) is 0 Å². The molecular formula is C26H20F6N2O3. The quantitative estimate of drug-likeness (QED) is 0.133. The van der Waals surface area contributed by atoms with E-state index in [4.69, 9.17) is 9.94 Å². The minimum absolute atomic E-state index is 0.260. The van der Waals surface area contributed by atoms with Crippen molar-refractivity contribution in [2.24, 2.45) is 0 Å². The molecule has 0 aliphatic heterocycles. The second-order valence-electron chi connectivity index (χ2n) is 7.61. The third-order valence-corrected chi connectivity index (χ3v) is 5.15. The summed E-state index contributed by atoms with van der Waals surface area (Å²) in [6.07, 6.45) is -5.24. The third-order valence-electron chi connectivity index (χ3n) is 5.15. The van der Waals surface area contributed by atoms with Gasteiger partial charge in [0.25, 0.3) is 0 Å². The summed E-state index contributed by atoms with van der Waals surface area (Å²) >= 11 is 0. The molecule has 0 saturated carbocycles. The Morgan fingerprint density at radius 2 is 1.35 bits per heavy atom. The van der Waals surface area contributed by atoms with Crippen molar-refractivity contribution in [2.45, 2.75) is 12.4 Å².